The van der Waals surface area contributed by atoms with Gasteiger partial charge in [0.1, 0.15) is 5.75 Å². The van der Waals surface area contributed by atoms with Crippen molar-refractivity contribution in [2.24, 2.45) is 11.0 Å². The lowest BCUT2D eigenvalue weighted by Crippen LogP contribution is -2.58. The van der Waals surface area contributed by atoms with Crippen LogP contribution in [0, 0.1) is 5.92 Å². The predicted octanol–water partition coefficient (Wildman–Crippen LogP) is 2.59. The van der Waals surface area contributed by atoms with Gasteiger partial charge in [0.25, 0.3) is 17.7 Å². The number of imide groups is 2. The Labute approximate surface area is 245 Å². The Bertz CT molecular complexity index is 1580. The summed E-state index contributed by atoms with van der Waals surface area (Å²) in [7, 11) is 5.70. The molecule has 222 valence electrons. The maximum atomic E-state index is 13.0. The number of methoxy groups -OCH3 is 4. The number of hydrazone groups is 1. The zero-order valence-corrected chi connectivity index (χ0v) is 23.5. The van der Waals surface area contributed by atoms with E-state index in [2.05, 4.69) is 21.2 Å². The van der Waals surface area contributed by atoms with Gasteiger partial charge in [0.05, 0.1) is 34.1 Å². The Morgan fingerprint density at radius 2 is 1.44 bits per heavy atom. The first kappa shape index (κ1) is 30.0. The number of rotatable bonds is 10. The lowest BCUT2D eigenvalue weighted by Gasteiger charge is -2.29. The van der Waals surface area contributed by atoms with Gasteiger partial charge in [0.2, 0.25) is 11.7 Å². The number of carbonyl (C=O) groups is 5. The highest BCUT2D eigenvalue weighted by molar-refractivity contribution is 6.33. The highest BCUT2D eigenvalue weighted by Gasteiger charge is 2.41. The highest BCUT2D eigenvalue weighted by Crippen LogP contribution is 2.38. The summed E-state index contributed by atoms with van der Waals surface area (Å²) in [6.45, 7) is 0. The van der Waals surface area contributed by atoms with Gasteiger partial charge in [-0.25, -0.2) is 15.1 Å². The van der Waals surface area contributed by atoms with Crippen LogP contribution in [0.25, 0.3) is 0 Å². The number of amides is 6. The molecule has 43 heavy (non-hydrogen) atoms. The Morgan fingerprint density at radius 3 is 2.05 bits per heavy atom. The van der Waals surface area contributed by atoms with Crippen molar-refractivity contribution < 1.29 is 42.9 Å². The molecule has 1 atom stereocenters. The van der Waals surface area contributed by atoms with Crippen molar-refractivity contribution in [1.29, 1.82) is 0 Å². The van der Waals surface area contributed by atoms with E-state index in [1.807, 2.05) is 0 Å². The Kier molecular flexibility index (Phi) is 9.20. The van der Waals surface area contributed by atoms with Gasteiger partial charge in [-0.05, 0) is 48.5 Å². The van der Waals surface area contributed by atoms with Crippen molar-refractivity contribution in [3.8, 4) is 23.0 Å². The topological polar surface area (TPSA) is 174 Å². The van der Waals surface area contributed by atoms with Gasteiger partial charge in [0.15, 0.2) is 17.4 Å². The van der Waals surface area contributed by atoms with E-state index in [-0.39, 0.29) is 22.6 Å². The van der Waals surface area contributed by atoms with Crippen LogP contribution in [0.1, 0.15) is 20.7 Å². The predicted molar refractivity (Wildman–Crippen MR) is 154 cm³/mol. The monoisotopic (exact) mass is 589 g/mol. The number of urea groups is 1. The summed E-state index contributed by atoms with van der Waals surface area (Å²) in [5.74, 6) is -3.16. The standard InChI is InChI=1S/C29H27N5O9/c1-40-21-8-6-5-7-20(21)34-28(38)19(27(37)32-29(34)39)15-30-33-26(36)16-9-11-18(12-10-16)31-25(35)17-13-22(41-2)24(43-4)23(14-17)42-3/h5-15,19H,1-4H3,(H,31,35)(H,33,36)(H,32,37,39)/b30-15-/t19-/m0/s1. The summed E-state index contributed by atoms with van der Waals surface area (Å²) >= 11 is 0. The Morgan fingerprint density at radius 1 is 0.814 bits per heavy atom. The van der Waals surface area contributed by atoms with Crippen LogP contribution in [0.15, 0.2) is 65.8 Å². The summed E-state index contributed by atoms with van der Waals surface area (Å²) in [6, 6.07) is 14.2. The second kappa shape index (κ2) is 13.2. The first-order valence-corrected chi connectivity index (χ1v) is 12.6. The smallest absolute Gasteiger partial charge is 0.335 e. The van der Waals surface area contributed by atoms with Crippen LogP contribution in [0.2, 0.25) is 0 Å². The molecule has 0 aliphatic carbocycles. The molecule has 0 radical (unpaired) electrons. The molecule has 3 aromatic carbocycles. The third-order valence-corrected chi connectivity index (χ3v) is 6.25. The number of hydrogen-bond donors (Lipinski definition) is 3. The normalized spacial score (nSPS) is 14.7. The van der Waals surface area contributed by atoms with E-state index in [9.17, 15) is 24.0 Å². The third kappa shape index (κ3) is 6.37. The molecule has 0 spiro atoms. The molecule has 0 saturated carbocycles. The van der Waals surface area contributed by atoms with Crippen molar-refractivity contribution in [3.05, 3.63) is 71.8 Å². The molecule has 1 aliphatic heterocycles. The van der Waals surface area contributed by atoms with Crippen molar-refractivity contribution in [3.63, 3.8) is 0 Å². The summed E-state index contributed by atoms with van der Waals surface area (Å²) < 4.78 is 21.0. The molecule has 6 amide bonds. The molecule has 4 rings (SSSR count). The minimum Gasteiger partial charge on any atom is -0.495 e. The molecule has 0 bridgehead atoms. The molecule has 1 heterocycles. The number of barbiturate groups is 1. The van der Waals surface area contributed by atoms with E-state index in [1.165, 1.54) is 70.9 Å². The number of hydrogen-bond acceptors (Lipinski definition) is 10. The summed E-state index contributed by atoms with van der Waals surface area (Å²) in [5.41, 5.74) is 3.20. The van der Waals surface area contributed by atoms with E-state index >= 15 is 0 Å². The van der Waals surface area contributed by atoms with Crippen LogP contribution in [0.5, 0.6) is 23.0 Å². The zero-order chi connectivity index (χ0) is 31.1. The van der Waals surface area contributed by atoms with Crippen molar-refractivity contribution in [2.45, 2.75) is 0 Å². The average Bonchev–Trinajstić information content (AvgIpc) is 3.02. The van der Waals surface area contributed by atoms with Crippen LogP contribution in [-0.4, -0.2) is 64.3 Å². The fourth-order valence-electron chi connectivity index (χ4n) is 4.12. The molecule has 14 nitrogen and oxygen atoms in total. The third-order valence-electron chi connectivity index (χ3n) is 6.25. The molecule has 3 N–H and O–H groups in total. The number of carbonyl (C=O) groups excluding carboxylic acids is 5. The largest absolute Gasteiger partial charge is 0.495 e. The van der Waals surface area contributed by atoms with Crippen molar-refractivity contribution in [2.75, 3.05) is 38.7 Å². The molecule has 1 aliphatic rings. The lowest BCUT2D eigenvalue weighted by atomic mass is 10.1. The second-order valence-corrected chi connectivity index (χ2v) is 8.78. The van der Waals surface area contributed by atoms with Gasteiger partial charge < -0.3 is 24.3 Å². The van der Waals surface area contributed by atoms with Gasteiger partial charge in [0, 0.05) is 23.0 Å². The second-order valence-electron chi connectivity index (χ2n) is 8.78. The molecule has 3 aromatic rings. The first-order valence-electron chi connectivity index (χ1n) is 12.6. The van der Waals surface area contributed by atoms with Gasteiger partial charge in [-0.3, -0.25) is 24.5 Å². The van der Waals surface area contributed by atoms with E-state index in [0.717, 1.165) is 11.1 Å². The molecule has 14 heteroatoms. The number of nitrogens with one attached hydrogen (secondary N) is 3. The van der Waals surface area contributed by atoms with E-state index in [4.69, 9.17) is 18.9 Å². The number of benzene rings is 3. The Balaban J connectivity index is 1.41. The van der Waals surface area contributed by atoms with E-state index in [1.54, 1.807) is 18.2 Å². The average molecular weight is 590 g/mol. The molecular formula is C29H27N5O9. The number of para-hydroxylation sites is 2. The van der Waals surface area contributed by atoms with E-state index in [0.29, 0.717) is 22.9 Å². The van der Waals surface area contributed by atoms with Gasteiger partial charge in [-0.2, -0.15) is 5.10 Å². The summed E-state index contributed by atoms with van der Waals surface area (Å²) in [4.78, 5) is 64.0. The zero-order valence-electron chi connectivity index (χ0n) is 23.5. The molecular weight excluding hydrogens is 562 g/mol. The fraction of sp³-hybridized carbons (Fsp3) is 0.172. The van der Waals surface area contributed by atoms with Crippen LogP contribution in [0.4, 0.5) is 16.2 Å². The molecule has 1 saturated heterocycles. The van der Waals surface area contributed by atoms with Crippen molar-refractivity contribution in [1.82, 2.24) is 10.7 Å². The van der Waals surface area contributed by atoms with Gasteiger partial charge in [-0.15, -0.1) is 0 Å². The van der Waals surface area contributed by atoms with Crippen LogP contribution in [-0.2, 0) is 9.59 Å². The molecule has 0 aromatic heterocycles. The van der Waals surface area contributed by atoms with Crippen LogP contribution < -0.4 is 39.9 Å². The first-order chi connectivity index (χ1) is 20.7. The number of anilines is 2. The fourth-order valence-corrected chi connectivity index (χ4v) is 4.12. The van der Waals surface area contributed by atoms with Crippen LogP contribution >= 0.6 is 0 Å². The minimum absolute atomic E-state index is 0.139. The number of nitrogens with zero attached hydrogens (tertiary/aromatic N) is 2. The SMILES string of the molecule is COc1ccccc1N1C(=O)NC(=O)[C@H](/C=N\NC(=O)c2ccc(NC(=O)c3cc(OC)c(OC)c(OC)c3)cc2)C1=O. The maximum Gasteiger partial charge on any atom is 0.335 e. The quantitative estimate of drug-likeness (QED) is 0.182. The summed E-state index contributed by atoms with van der Waals surface area (Å²) in [5, 5.41) is 8.55. The molecule has 0 unspecified atom stereocenters. The number of ether oxygens (including phenoxy) is 4. The molecule has 1 fully saturated rings. The Hall–Kier alpha value is -5.92. The van der Waals surface area contributed by atoms with Gasteiger partial charge >= 0.3 is 6.03 Å². The van der Waals surface area contributed by atoms with Crippen LogP contribution in [0.3, 0.4) is 0 Å². The lowest BCUT2D eigenvalue weighted by molar-refractivity contribution is -0.131. The van der Waals surface area contributed by atoms with Crippen molar-refractivity contribution >= 4 is 47.2 Å². The van der Waals surface area contributed by atoms with E-state index < -0.39 is 35.6 Å². The highest BCUT2D eigenvalue weighted by atomic mass is 16.5. The minimum atomic E-state index is -1.49. The van der Waals surface area contributed by atoms with Gasteiger partial charge in [-0.1, -0.05) is 12.1 Å². The maximum absolute atomic E-state index is 13.0. The summed E-state index contributed by atoms with van der Waals surface area (Å²) in [6.07, 6.45) is 0.927.